The minimum absolute atomic E-state index is 0.0720. The molecular weight excluding hydrogens is 301 g/mol. The molecular formula is C14H15F3N2O3. The highest BCUT2D eigenvalue weighted by Gasteiger charge is 2.30. The molecule has 0 aliphatic carbocycles. The SMILES string of the molecule is O=C(NCC(=O)N1CCOCC1)c1ccc(C(F)(F)F)cc1. The Morgan fingerprint density at radius 1 is 1.14 bits per heavy atom. The number of alkyl halides is 3. The van der Waals surface area contributed by atoms with Crippen LogP contribution in [0.5, 0.6) is 0 Å². The van der Waals surface area contributed by atoms with Crippen molar-refractivity contribution in [3.05, 3.63) is 35.4 Å². The second-order valence-corrected chi connectivity index (χ2v) is 4.75. The largest absolute Gasteiger partial charge is 0.416 e. The quantitative estimate of drug-likeness (QED) is 0.914. The molecule has 0 unspecified atom stereocenters. The van der Waals surface area contributed by atoms with Crippen molar-refractivity contribution < 1.29 is 27.5 Å². The zero-order chi connectivity index (χ0) is 16.2. The van der Waals surface area contributed by atoms with E-state index in [9.17, 15) is 22.8 Å². The lowest BCUT2D eigenvalue weighted by Crippen LogP contribution is -2.45. The minimum Gasteiger partial charge on any atom is -0.378 e. The minimum atomic E-state index is -4.44. The Morgan fingerprint density at radius 3 is 2.27 bits per heavy atom. The van der Waals surface area contributed by atoms with E-state index in [-0.39, 0.29) is 18.0 Å². The summed E-state index contributed by atoms with van der Waals surface area (Å²) in [7, 11) is 0. The van der Waals surface area contributed by atoms with Crippen LogP contribution in [0.3, 0.4) is 0 Å². The molecule has 0 atom stereocenters. The van der Waals surface area contributed by atoms with Gasteiger partial charge in [0.25, 0.3) is 5.91 Å². The number of carbonyl (C=O) groups excluding carboxylic acids is 2. The molecule has 0 bridgehead atoms. The predicted octanol–water partition coefficient (Wildman–Crippen LogP) is 1.29. The highest BCUT2D eigenvalue weighted by molar-refractivity contribution is 5.96. The molecule has 2 rings (SSSR count). The molecule has 120 valence electrons. The Kier molecular flexibility index (Phi) is 5.02. The fraction of sp³-hybridized carbons (Fsp3) is 0.429. The third-order valence-corrected chi connectivity index (χ3v) is 3.24. The number of carbonyl (C=O) groups is 2. The summed E-state index contributed by atoms with van der Waals surface area (Å²) >= 11 is 0. The Morgan fingerprint density at radius 2 is 1.73 bits per heavy atom. The molecule has 1 aromatic rings. The number of hydrogen-bond donors (Lipinski definition) is 1. The lowest BCUT2D eigenvalue weighted by molar-refractivity contribution is -0.137. The Bertz CT molecular complexity index is 537. The number of benzene rings is 1. The van der Waals surface area contributed by atoms with Gasteiger partial charge >= 0.3 is 6.18 Å². The lowest BCUT2D eigenvalue weighted by Gasteiger charge is -2.26. The zero-order valence-corrected chi connectivity index (χ0v) is 11.7. The molecule has 5 nitrogen and oxygen atoms in total. The fourth-order valence-electron chi connectivity index (χ4n) is 1.99. The topological polar surface area (TPSA) is 58.6 Å². The van der Waals surface area contributed by atoms with Crippen LogP contribution in [-0.2, 0) is 15.7 Å². The van der Waals surface area contributed by atoms with Gasteiger partial charge in [-0.2, -0.15) is 13.2 Å². The van der Waals surface area contributed by atoms with Crippen molar-refractivity contribution in [3.8, 4) is 0 Å². The van der Waals surface area contributed by atoms with Crippen LogP contribution in [0.4, 0.5) is 13.2 Å². The van der Waals surface area contributed by atoms with Crippen LogP contribution in [-0.4, -0.2) is 49.6 Å². The van der Waals surface area contributed by atoms with Crippen LogP contribution in [0.25, 0.3) is 0 Å². The van der Waals surface area contributed by atoms with E-state index < -0.39 is 17.6 Å². The standard InChI is InChI=1S/C14H15F3N2O3/c15-14(16,17)11-3-1-10(2-4-11)13(21)18-9-12(20)19-5-7-22-8-6-19/h1-4H,5-9H2,(H,18,21). The van der Waals surface area contributed by atoms with Crippen molar-refractivity contribution >= 4 is 11.8 Å². The molecule has 0 aromatic heterocycles. The molecule has 2 amide bonds. The van der Waals surface area contributed by atoms with Gasteiger partial charge in [-0.3, -0.25) is 9.59 Å². The number of ether oxygens (including phenoxy) is 1. The maximum Gasteiger partial charge on any atom is 0.416 e. The van der Waals surface area contributed by atoms with Gasteiger partial charge in [-0.15, -0.1) is 0 Å². The molecule has 1 fully saturated rings. The molecule has 0 saturated carbocycles. The van der Waals surface area contributed by atoms with Crippen molar-refractivity contribution in [1.29, 1.82) is 0 Å². The summed E-state index contributed by atoms with van der Waals surface area (Å²) in [6.07, 6.45) is -4.44. The summed E-state index contributed by atoms with van der Waals surface area (Å²) in [6, 6.07) is 3.83. The Balaban J connectivity index is 1.88. The first-order valence-electron chi connectivity index (χ1n) is 6.69. The van der Waals surface area contributed by atoms with Gasteiger partial charge in [-0.25, -0.2) is 0 Å². The summed E-state index contributed by atoms with van der Waals surface area (Å²) in [5.41, 5.74) is -0.753. The van der Waals surface area contributed by atoms with Crippen LogP contribution >= 0.6 is 0 Å². The summed E-state index contributed by atoms with van der Waals surface area (Å²) < 4.78 is 42.4. The number of morpholine rings is 1. The fourth-order valence-corrected chi connectivity index (χ4v) is 1.99. The highest BCUT2D eigenvalue weighted by atomic mass is 19.4. The van der Waals surface area contributed by atoms with Crippen LogP contribution in [0.15, 0.2) is 24.3 Å². The number of nitrogens with one attached hydrogen (secondary N) is 1. The average molecular weight is 316 g/mol. The Hall–Kier alpha value is -2.09. The zero-order valence-electron chi connectivity index (χ0n) is 11.7. The molecule has 1 aliphatic heterocycles. The van der Waals surface area contributed by atoms with Crippen LogP contribution in [0.1, 0.15) is 15.9 Å². The van der Waals surface area contributed by atoms with Crippen molar-refractivity contribution in [1.82, 2.24) is 10.2 Å². The monoisotopic (exact) mass is 316 g/mol. The van der Waals surface area contributed by atoms with Gasteiger partial charge < -0.3 is 15.0 Å². The van der Waals surface area contributed by atoms with Gasteiger partial charge in [0.05, 0.1) is 25.3 Å². The maximum atomic E-state index is 12.4. The van der Waals surface area contributed by atoms with Crippen LogP contribution < -0.4 is 5.32 Å². The van der Waals surface area contributed by atoms with Gasteiger partial charge in [-0.1, -0.05) is 0 Å². The smallest absolute Gasteiger partial charge is 0.378 e. The van der Waals surface area contributed by atoms with Gasteiger partial charge in [-0.05, 0) is 24.3 Å². The summed E-state index contributed by atoms with van der Waals surface area (Å²) in [5.74, 6) is -0.834. The highest BCUT2D eigenvalue weighted by Crippen LogP contribution is 2.29. The first-order valence-corrected chi connectivity index (χ1v) is 6.69. The second-order valence-electron chi connectivity index (χ2n) is 4.75. The van der Waals surface area contributed by atoms with E-state index in [0.29, 0.717) is 26.3 Å². The normalized spacial score (nSPS) is 15.5. The van der Waals surface area contributed by atoms with Gasteiger partial charge in [0.1, 0.15) is 0 Å². The van der Waals surface area contributed by atoms with Gasteiger partial charge in [0.2, 0.25) is 5.91 Å². The van der Waals surface area contributed by atoms with Crippen LogP contribution in [0.2, 0.25) is 0 Å². The molecule has 0 spiro atoms. The first-order chi connectivity index (χ1) is 10.4. The van der Waals surface area contributed by atoms with E-state index in [1.807, 2.05) is 0 Å². The Labute approximate surface area is 125 Å². The lowest BCUT2D eigenvalue weighted by atomic mass is 10.1. The third kappa shape index (κ3) is 4.20. The molecule has 8 heteroatoms. The molecule has 1 saturated heterocycles. The molecule has 1 aliphatic rings. The van der Waals surface area contributed by atoms with E-state index in [1.165, 1.54) is 0 Å². The van der Waals surface area contributed by atoms with E-state index in [2.05, 4.69) is 5.32 Å². The number of nitrogens with zero attached hydrogens (tertiary/aromatic N) is 1. The summed E-state index contributed by atoms with van der Waals surface area (Å²) in [5, 5.41) is 2.40. The van der Waals surface area contributed by atoms with Crippen molar-refractivity contribution in [2.24, 2.45) is 0 Å². The van der Waals surface area contributed by atoms with Gasteiger partial charge in [0.15, 0.2) is 0 Å². The molecule has 1 aromatic carbocycles. The van der Waals surface area contributed by atoms with E-state index in [1.54, 1.807) is 4.90 Å². The average Bonchev–Trinajstić information content (AvgIpc) is 2.52. The molecule has 1 N–H and O–H groups in total. The number of hydrogen-bond acceptors (Lipinski definition) is 3. The van der Waals surface area contributed by atoms with Crippen molar-refractivity contribution in [2.45, 2.75) is 6.18 Å². The van der Waals surface area contributed by atoms with Gasteiger partial charge in [0, 0.05) is 18.7 Å². The third-order valence-electron chi connectivity index (χ3n) is 3.24. The molecule has 0 radical (unpaired) electrons. The van der Waals surface area contributed by atoms with Crippen molar-refractivity contribution in [3.63, 3.8) is 0 Å². The van der Waals surface area contributed by atoms with E-state index in [0.717, 1.165) is 24.3 Å². The summed E-state index contributed by atoms with van der Waals surface area (Å²) in [6.45, 7) is 1.65. The van der Waals surface area contributed by atoms with E-state index >= 15 is 0 Å². The second kappa shape index (κ2) is 6.78. The van der Waals surface area contributed by atoms with Crippen LogP contribution in [0, 0.1) is 0 Å². The van der Waals surface area contributed by atoms with E-state index in [4.69, 9.17) is 4.74 Å². The number of halogens is 3. The maximum absolute atomic E-state index is 12.4. The number of amides is 2. The predicted molar refractivity (Wildman–Crippen MR) is 71.2 cm³/mol. The number of rotatable bonds is 3. The summed E-state index contributed by atoms with van der Waals surface area (Å²) in [4.78, 5) is 25.2. The first kappa shape index (κ1) is 16.3. The molecule has 1 heterocycles. The van der Waals surface area contributed by atoms with Crippen molar-refractivity contribution in [2.75, 3.05) is 32.8 Å². The molecule has 22 heavy (non-hydrogen) atoms.